The van der Waals surface area contributed by atoms with E-state index in [0.717, 1.165) is 16.1 Å². The van der Waals surface area contributed by atoms with Crippen molar-refractivity contribution in [3.63, 3.8) is 0 Å². The number of methoxy groups -OCH3 is 2. The standard InChI is InChI=1S/C24H22FNO3S/c1-28-20-12-11-16(13-21(20)29-2)23-14-24(27)26(15-17-7-3-4-8-18(17)25)19-9-5-6-10-22(19)30-23/h3-13,23H,14-15H2,1-2H3/t23-/m0/s1. The van der Waals surface area contributed by atoms with Gasteiger partial charge < -0.3 is 14.4 Å². The average Bonchev–Trinajstić information content (AvgIpc) is 2.91. The van der Waals surface area contributed by atoms with Crippen LogP contribution in [0.1, 0.15) is 22.8 Å². The number of benzene rings is 3. The van der Waals surface area contributed by atoms with Crippen LogP contribution in [0.25, 0.3) is 0 Å². The summed E-state index contributed by atoms with van der Waals surface area (Å²) in [5, 5.41) is -0.0934. The zero-order valence-electron chi connectivity index (χ0n) is 16.8. The zero-order valence-corrected chi connectivity index (χ0v) is 17.6. The van der Waals surface area contributed by atoms with Gasteiger partial charge in [-0.1, -0.05) is 36.4 Å². The fourth-order valence-corrected chi connectivity index (χ4v) is 4.86. The van der Waals surface area contributed by atoms with Crippen molar-refractivity contribution in [1.82, 2.24) is 0 Å². The number of nitrogens with zero attached hydrogens (tertiary/aromatic N) is 1. The summed E-state index contributed by atoms with van der Waals surface area (Å²) in [5.41, 5.74) is 2.28. The van der Waals surface area contributed by atoms with Crippen LogP contribution in [-0.4, -0.2) is 20.1 Å². The number of hydrogen-bond donors (Lipinski definition) is 0. The van der Waals surface area contributed by atoms with Crippen LogP contribution >= 0.6 is 11.8 Å². The summed E-state index contributed by atoms with van der Waals surface area (Å²) in [7, 11) is 3.19. The highest BCUT2D eigenvalue weighted by Crippen LogP contribution is 2.47. The number of rotatable bonds is 5. The van der Waals surface area contributed by atoms with E-state index in [2.05, 4.69) is 0 Å². The van der Waals surface area contributed by atoms with E-state index in [4.69, 9.17) is 9.47 Å². The fourth-order valence-electron chi connectivity index (χ4n) is 3.59. The largest absolute Gasteiger partial charge is 0.493 e. The monoisotopic (exact) mass is 423 g/mol. The van der Waals surface area contributed by atoms with Crippen molar-refractivity contribution >= 4 is 23.4 Å². The molecule has 3 aromatic carbocycles. The van der Waals surface area contributed by atoms with E-state index in [1.807, 2.05) is 42.5 Å². The van der Waals surface area contributed by atoms with Crippen molar-refractivity contribution in [2.24, 2.45) is 0 Å². The zero-order chi connectivity index (χ0) is 21.1. The van der Waals surface area contributed by atoms with Gasteiger partial charge in [-0.15, -0.1) is 11.8 Å². The number of hydrogen-bond acceptors (Lipinski definition) is 4. The number of halogens is 1. The predicted octanol–water partition coefficient (Wildman–Crippen LogP) is 5.61. The van der Waals surface area contributed by atoms with Gasteiger partial charge in [-0.2, -0.15) is 0 Å². The first-order valence-electron chi connectivity index (χ1n) is 9.62. The van der Waals surface area contributed by atoms with Gasteiger partial charge in [0.1, 0.15) is 5.82 Å². The number of carbonyl (C=O) groups is 1. The van der Waals surface area contributed by atoms with Gasteiger partial charge in [0.05, 0.1) is 26.5 Å². The third-order valence-electron chi connectivity index (χ3n) is 5.15. The molecule has 0 saturated heterocycles. The molecule has 1 aliphatic rings. The number of ether oxygens (including phenoxy) is 2. The van der Waals surface area contributed by atoms with E-state index in [1.54, 1.807) is 49.1 Å². The normalized spacial score (nSPS) is 16.0. The molecule has 0 bridgehead atoms. The first kappa shape index (κ1) is 20.3. The minimum atomic E-state index is -0.309. The van der Waals surface area contributed by atoms with Crippen molar-refractivity contribution in [3.05, 3.63) is 83.7 Å². The minimum absolute atomic E-state index is 0.0458. The Morgan fingerprint density at radius 3 is 2.50 bits per heavy atom. The maximum Gasteiger partial charge on any atom is 0.228 e. The van der Waals surface area contributed by atoms with Gasteiger partial charge in [-0.05, 0) is 35.9 Å². The molecule has 30 heavy (non-hydrogen) atoms. The SMILES string of the molecule is COc1ccc([C@@H]2CC(=O)N(Cc3ccccc3F)c3ccccc3S2)cc1OC. The summed E-state index contributed by atoms with van der Waals surface area (Å²) in [6, 6.07) is 20.1. The number of fused-ring (bicyclic) bond motifs is 1. The molecule has 154 valence electrons. The number of para-hydroxylation sites is 1. The number of anilines is 1. The molecule has 3 aromatic rings. The number of amides is 1. The molecule has 1 heterocycles. The quantitative estimate of drug-likeness (QED) is 0.534. The third kappa shape index (κ3) is 4.00. The smallest absolute Gasteiger partial charge is 0.228 e. The first-order chi connectivity index (χ1) is 14.6. The van der Waals surface area contributed by atoms with Gasteiger partial charge in [0.15, 0.2) is 11.5 Å². The van der Waals surface area contributed by atoms with Crippen LogP contribution in [0.2, 0.25) is 0 Å². The molecule has 0 aromatic heterocycles. The Kier molecular flexibility index (Phi) is 5.95. The van der Waals surface area contributed by atoms with Gasteiger partial charge >= 0.3 is 0 Å². The molecule has 0 radical (unpaired) electrons. The maximum atomic E-state index is 14.3. The highest BCUT2D eigenvalue weighted by Gasteiger charge is 2.30. The second-order valence-electron chi connectivity index (χ2n) is 6.96. The Labute approximate surface area is 179 Å². The molecule has 1 aliphatic heterocycles. The summed E-state index contributed by atoms with van der Waals surface area (Å²) in [6.45, 7) is 0.196. The molecular weight excluding hydrogens is 401 g/mol. The van der Waals surface area contributed by atoms with Gasteiger partial charge in [-0.25, -0.2) is 4.39 Å². The summed E-state index contributed by atoms with van der Waals surface area (Å²) >= 11 is 1.63. The van der Waals surface area contributed by atoms with Crippen LogP contribution in [0.3, 0.4) is 0 Å². The predicted molar refractivity (Wildman–Crippen MR) is 117 cm³/mol. The van der Waals surface area contributed by atoms with Crippen molar-refractivity contribution in [3.8, 4) is 11.5 Å². The Balaban J connectivity index is 1.70. The lowest BCUT2D eigenvalue weighted by molar-refractivity contribution is -0.118. The second-order valence-corrected chi connectivity index (χ2v) is 8.21. The lowest BCUT2D eigenvalue weighted by atomic mass is 10.1. The summed E-state index contributed by atoms with van der Waals surface area (Å²) in [6.07, 6.45) is 0.295. The van der Waals surface area contributed by atoms with Crippen LogP contribution < -0.4 is 14.4 Å². The molecule has 0 fully saturated rings. The molecule has 0 unspecified atom stereocenters. The van der Waals surface area contributed by atoms with E-state index in [1.165, 1.54) is 6.07 Å². The fraction of sp³-hybridized carbons (Fsp3) is 0.208. The molecular formula is C24H22FNO3S. The Morgan fingerprint density at radius 1 is 1.00 bits per heavy atom. The molecule has 0 N–H and O–H groups in total. The highest BCUT2D eigenvalue weighted by molar-refractivity contribution is 7.99. The van der Waals surface area contributed by atoms with Crippen molar-refractivity contribution in [2.75, 3.05) is 19.1 Å². The maximum absolute atomic E-state index is 14.3. The molecule has 0 aliphatic carbocycles. The average molecular weight is 424 g/mol. The molecule has 1 amide bonds. The summed E-state index contributed by atoms with van der Waals surface area (Å²) < 4.78 is 25.0. The molecule has 0 spiro atoms. The Bertz CT molecular complexity index is 1070. The molecule has 6 heteroatoms. The van der Waals surface area contributed by atoms with Crippen LogP contribution in [-0.2, 0) is 11.3 Å². The number of thioether (sulfide) groups is 1. The van der Waals surface area contributed by atoms with Crippen LogP contribution in [0.5, 0.6) is 11.5 Å². The van der Waals surface area contributed by atoms with E-state index in [9.17, 15) is 9.18 Å². The first-order valence-corrected chi connectivity index (χ1v) is 10.5. The van der Waals surface area contributed by atoms with E-state index in [-0.39, 0.29) is 23.5 Å². The summed E-state index contributed by atoms with van der Waals surface area (Å²) in [5.74, 6) is 0.920. The number of carbonyl (C=O) groups excluding carboxylic acids is 1. The van der Waals surface area contributed by atoms with E-state index < -0.39 is 0 Å². The molecule has 1 atom stereocenters. The van der Waals surface area contributed by atoms with Crippen molar-refractivity contribution in [2.45, 2.75) is 23.1 Å². The van der Waals surface area contributed by atoms with Gasteiger partial charge in [0, 0.05) is 22.1 Å². The van der Waals surface area contributed by atoms with Crippen molar-refractivity contribution in [1.29, 1.82) is 0 Å². The Morgan fingerprint density at radius 2 is 1.73 bits per heavy atom. The van der Waals surface area contributed by atoms with Gasteiger partial charge in [0.2, 0.25) is 5.91 Å². The molecule has 4 nitrogen and oxygen atoms in total. The third-order valence-corrected chi connectivity index (χ3v) is 6.47. The van der Waals surface area contributed by atoms with Crippen LogP contribution in [0.4, 0.5) is 10.1 Å². The lowest BCUT2D eigenvalue weighted by Gasteiger charge is -2.23. The lowest BCUT2D eigenvalue weighted by Crippen LogP contribution is -2.30. The summed E-state index contributed by atoms with van der Waals surface area (Å²) in [4.78, 5) is 16.0. The van der Waals surface area contributed by atoms with Crippen LogP contribution in [0.15, 0.2) is 71.6 Å². The van der Waals surface area contributed by atoms with Crippen LogP contribution in [0, 0.1) is 5.82 Å². The molecule has 0 saturated carbocycles. The van der Waals surface area contributed by atoms with E-state index in [0.29, 0.717) is 23.5 Å². The highest BCUT2D eigenvalue weighted by atomic mass is 32.2. The van der Waals surface area contributed by atoms with Gasteiger partial charge in [0.25, 0.3) is 0 Å². The molecule has 4 rings (SSSR count). The minimum Gasteiger partial charge on any atom is -0.493 e. The topological polar surface area (TPSA) is 38.8 Å². The Hall–Kier alpha value is -2.99. The van der Waals surface area contributed by atoms with Crippen molar-refractivity contribution < 1.29 is 18.7 Å². The van der Waals surface area contributed by atoms with E-state index >= 15 is 0 Å². The van der Waals surface area contributed by atoms with Gasteiger partial charge in [-0.3, -0.25) is 4.79 Å². The second kappa shape index (κ2) is 8.79.